The summed E-state index contributed by atoms with van der Waals surface area (Å²) in [7, 11) is 0. The number of carbonyl (C=O) groups excluding carboxylic acids is 1. The fraction of sp³-hybridized carbons (Fsp3) is 0.812. The molecule has 2 aliphatic carbocycles. The van der Waals surface area contributed by atoms with Gasteiger partial charge in [0.25, 0.3) is 0 Å². The second-order valence-corrected chi connectivity index (χ2v) is 5.91. The Bertz CT molecular complexity index is 283. The smallest absolute Gasteiger partial charge is 0.330 e. The van der Waals surface area contributed by atoms with E-state index in [9.17, 15) is 4.79 Å². The van der Waals surface area contributed by atoms with Gasteiger partial charge < -0.3 is 4.74 Å². The highest BCUT2D eigenvalue weighted by molar-refractivity contribution is 5.81. The SMILES string of the molecule is C=CC(=O)OCCCC1CCCC2CCCCC21. The van der Waals surface area contributed by atoms with Crippen LogP contribution >= 0.6 is 0 Å². The third kappa shape index (κ3) is 3.60. The molecule has 2 fully saturated rings. The maximum absolute atomic E-state index is 11.0. The molecule has 0 spiro atoms. The van der Waals surface area contributed by atoms with Gasteiger partial charge in [0.2, 0.25) is 0 Å². The summed E-state index contributed by atoms with van der Waals surface area (Å²) in [6.07, 6.45) is 13.6. The third-order valence-electron chi connectivity index (χ3n) is 4.85. The first-order valence-electron chi connectivity index (χ1n) is 7.60. The van der Waals surface area contributed by atoms with E-state index in [0.29, 0.717) is 6.61 Å². The van der Waals surface area contributed by atoms with Gasteiger partial charge in [0.15, 0.2) is 0 Å². The summed E-state index contributed by atoms with van der Waals surface area (Å²) in [6, 6.07) is 0. The molecule has 3 unspecified atom stereocenters. The molecule has 0 bridgehead atoms. The molecule has 0 N–H and O–H groups in total. The Morgan fingerprint density at radius 3 is 2.78 bits per heavy atom. The Kier molecular flexibility index (Phi) is 5.27. The molecular weight excluding hydrogens is 224 g/mol. The number of ether oxygens (including phenoxy) is 1. The molecule has 2 aliphatic rings. The van der Waals surface area contributed by atoms with Crippen LogP contribution in [0.3, 0.4) is 0 Å². The van der Waals surface area contributed by atoms with Crippen molar-refractivity contribution in [3.05, 3.63) is 12.7 Å². The van der Waals surface area contributed by atoms with Crippen LogP contribution in [0, 0.1) is 17.8 Å². The monoisotopic (exact) mass is 250 g/mol. The van der Waals surface area contributed by atoms with E-state index in [-0.39, 0.29) is 5.97 Å². The third-order valence-corrected chi connectivity index (χ3v) is 4.85. The van der Waals surface area contributed by atoms with Crippen LogP contribution in [0.15, 0.2) is 12.7 Å². The molecule has 2 heteroatoms. The standard InChI is InChI=1S/C16H26O2/c1-2-16(17)18-12-6-10-14-9-5-8-13-7-3-4-11-15(13)14/h2,13-15H,1,3-12H2. The van der Waals surface area contributed by atoms with E-state index in [2.05, 4.69) is 6.58 Å². The Hall–Kier alpha value is -0.790. The minimum Gasteiger partial charge on any atom is -0.463 e. The van der Waals surface area contributed by atoms with Crippen LogP contribution < -0.4 is 0 Å². The highest BCUT2D eigenvalue weighted by atomic mass is 16.5. The lowest BCUT2D eigenvalue weighted by atomic mass is 9.64. The predicted octanol–water partition coefficient (Wildman–Crippen LogP) is 4.10. The topological polar surface area (TPSA) is 26.3 Å². The number of carbonyl (C=O) groups is 1. The zero-order valence-electron chi connectivity index (χ0n) is 11.4. The van der Waals surface area contributed by atoms with E-state index >= 15 is 0 Å². The zero-order valence-corrected chi connectivity index (χ0v) is 11.4. The van der Waals surface area contributed by atoms with E-state index in [1.54, 1.807) is 0 Å². The molecule has 3 atom stereocenters. The Balaban J connectivity index is 1.70. The summed E-state index contributed by atoms with van der Waals surface area (Å²) < 4.78 is 5.06. The van der Waals surface area contributed by atoms with Crippen LogP contribution in [0.4, 0.5) is 0 Å². The maximum atomic E-state index is 11.0. The van der Waals surface area contributed by atoms with Crippen molar-refractivity contribution in [2.75, 3.05) is 6.61 Å². The molecule has 0 aromatic rings. The molecular formula is C16H26O2. The van der Waals surface area contributed by atoms with Gasteiger partial charge in [0, 0.05) is 6.08 Å². The van der Waals surface area contributed by atoms with Gasteiger partial charge >= 0.3 is 5.97 Å². The largest absolute Gasteiger partial charge is 0.463 e. The van der Waals surface area contributed by atoms with E-state index in [1.165, 1.54) is 57.4 Å². The molecule has 0 aliphatic heterocycles. The Morgan fingerprint density at radius 1 is 1.17 bits per heavy atom. The van der Waals surface area contributed by atoms with Gasteiger partial charge in [-0.15, -0.1) is 0 Å². The highest BCUT2D eigenvalue weighted by Crippen LogP contribution is 2.45. The molecule has 2 nitrogen and oxygen atoms in total. The molecule has 102 valence electrons. The molecule has 0 radical (unpaired) electrons. The van der Waals surface area contributed by atoms with Crippen molar-refractivity contribution in [1.29, 1.82) is 0 Å². The van der Waals surface area contributed by atoms with Crippen LogP contribution in [0.25, 0.3) is 0 Å². The second-order valence-electron chi connectivity index (χ2n) is 5.91. The van der Waals surface area contributed by atoms with Crippen LogP contribution in [0.1, 0.15) is 57.8 Å². The average Bonchev–Trinajstić information content (AvgIpc) is 2.43. The predicted molar refractivity (Wildman–Crippen MR) is 73.2 cm³/mol. The van der Waals surface area contributed by atoms with Gasteiger partial charge in [-0.3, -0.25) is 0 Å². The van der Waals surface area contributed by atoms with Crippen molar-refractivity contribution < 1.29 is 9.53 Å². The summed E-state index contributed by atoms with van der Waals surface area (Å²) in [5, 5.41) is 0. The molecule has 0 aromatic heterocycles. The van der Waals surface area contributed by atoms with Crippen molar-refractivity contribution in [2.24, 2.45) is 17.8 Å². The summed E-state index contributed by atoms with van der Waals surface area (Å²) in [5.41, 5.74) is 0. The number of hydrogen-bond donors (Lipinski definition) is 0. The molecule has 0 amide bonds. The normalized spacial score (nSPS) is 31.4. The van der Waals surface area contributed by atoms with Gasteiger partial charge in [-0.1, -0.05) is 45.1 Å². The summed E-state index contributed by atoms with van der Waals surface area (Å²) in [6.45, 7) is 3.98. The van der Waals surface area contributed by atoms with Gasteiger partial charge in [-0.05, 0) is 37.0 Å². The molecule has 0 heterocycles. The van der Waals surface area contributed by atoms with Crippen LogP contribution in [-0.4, -0.2) is 12.6 Å². The van der Waals surface area contributed by atoms with Crippen molar-refractivity contribution in [1.82, 2.24) is 0 Å². The maximum Gasteiger partial charge on any atom is 0.330 e. The van der Waals surface area contributed by atoms with Crippen LogP contribution in [-0.2, 0) is 9.53 Å². The van der Waals surface area contributed by atoms with Crippen molar-refractivity contribution in [2.45, 2.75) is 57.8 Å². The van der Waals surface area contributed by atoms with Gasteiger partial charge in [-0.2, -0.15) is 0 Å². The van der Waals surface area contributed by atoms with Crippen molar-refractivity contribution in [3.8, 4) is 0 Å². The quantitative estimate of drug-likeness (QED) is 0.417. The number of rotatable bonds is 5. The fourth-order valence-corrected chi connectivity index (χ4v) is 4.01. The molecule has 18 heavy (non-hydrogen) atoms. The molecule has 0 saturated heterocycles. The van der Waals surface area contributed by atoms with E-state index in [1.807, 2.05) is 0 Å². The van der Waals surface area contributed by atoms with E-state index < -0.39 is 0 Å². The van der Waals surface area contributed by atoms with Gasteiger partial charge in [0.1, 0.15) is 0 Å². The van der Waals surface area contributed by atoms with Crippen molar-refractivity contribution in [3.63, 3.8) is 0 Å². The number of fused-ring (bicyclic) bond motifs is 1. The molecule has 2 rings (SSSR count). The minimum absolute atomic E-state index is 0.283. The minimum atomic E-state index is -0.283. The first kappa shape index (κ1) is 13.6. The highest BCUT2D eigenvalue weighted by Gasteiger charge is 2.34. The van der Waals surface area contributed by atoms with E-state index in [4.69, 9.17) is 4.74 Å². The average molecular weight is 250 g/mol. The summed E-state index contributed by atoms with van der Waals surface area (Å²) in [5.74, 6) is 2.59. The fourth-order valence-electron chi connectivity index (χ4n) is 4.01. The Labute approximate surface area is 111 Å². The number of esters is 1. The molecule has 0 aromatic carbocycles. The zero-order chi connectivity index (χ0) is 12.8. The van der Waals surface area contributed by atoms with Gasteiger partial charge in [-0.25, -0.2) is 4.79 Å². The lowest BCUT2D eigenvalue weighted by molar-refractivity contribution is -0.137. The summed E-state index contributed by atoms with van der Waals surface area (Å²) >= 11 is 0. The van der Waals surface area contributed by atoms with E-state index in [0.717, 1.165) is 24.2 Å². The number of hydrogen-bond acceptors (Lipinski definition) is 2. The summed E-state index contributed by atoms with van der Waals surface area (Å²) in [4.78, 5) is 11.0. The lowest BCUT2D eigenvalue weighted by Gasteiger charge is -2.41. The second kappa shape index (κ2) is 6.96. The lowest BCUT2D eigenvalue weighted by Crippen LogP contribution is -2.31. The van der Waals surface area contributed by atoms with Crippen LogP contribution in [0.2, 0.25) is 0 Å². The molecule has 2 saturated carbocycles. The van der Waals surface area contributed by atoms with Crippen LogP contribution in [0.5, 0.6) is 0 Å². The van der Waals surface area contributed by atoms with Gasteiger partial charge in [0.05, 0.1) is 6.61 Å². The van der Waals surface area contributed by atoms with Crippen molar-refractivity contribution >= 4 is 5.97 Å². The Morgan fingerprint density at radius 2 is 1.94 bits per heavy atom. The first-order chi connectivity index (χ1) is 8.81. The first-order valence-corrected chi connectivity index (χ1v) is 7.60.